The number of hydrogen-bond acceptors (Lipinski definition) is 3. The molecule has 3 nitrogen and oxygen atoms in total. The number of pyridine rings is 1. The number of nitrogens with one attached hydrogen (secondary N) is 1. The molecule has 0 amide bonds. The predicted octanol–water partition coefficient (Wildman–Crippen LogP) is 1.50. The van der Waals surface area contributed by atoms with Crippen LogP contribution in [0.1, 0.15) is 11.4 Å². The number of rotatable bonds is 6. The van der Waals surface area contributed by atoms with E-state index in [9.17, 15) is 8.78 Å². The Morgan fingerprint density at radius 1 is 1.38 bits per heavy atom. The summed E-state index contributed by atoms with van der Waals surface area (Å²) in [6, 6.07) is 5.65. The zero-order chi connectivity index (χ0) is 12.0. The van der Waals surface area contributed by atoms with Gasteiger partial charge < -0.3 is 5.32 Å². The Bertz CT molecular complexity index is 318. The zero-order valence-corrected chi connectivity index (χ0v) is 9.58. The van der Waals surface area contributed by atoms with Gasteiger partial charge in [-0.25, -0.2) is 8.78 Å². The third-order valence-electron chi connectivity index (χ3n) is 2.10. The molecule has 1 aromatic rings. The van der Waals surface area contributed by atoms with E-state index in [1.54, 1.807) is 11.9 Å². The molecule has 1 heterocycles. The molecule has 0 unspecified atom stereocenters. The summed E-state index contributed by atoms with van der Waals surface area (Å²) in [5, 5.41) is 3.00. The largest absolute Gasteiger partial charge is 0.314 e. The van der Waals surface area contributed by atoms with E-state index in [2.05, 4.69) is 10.3 Å². The van der Waals surface area contributed by atoms with Gasteiger partial charge in [0.05, 0.1) is 17.9 Å². The Labute approximate surface area is 94.5 Å². The summed E-state index contributed by atoms with van der Waals surface area (Å²) < 4.78 is 24.2. The number of nitrogens with zero attached hydrogens (tertiary/aromatic N) is 2. The smallest absolute Gasteiger partial charge is 0.251 e. The van der Waals surface area contributed by atoms with Crippen LogP contribution < -0.4 is 5.32 Å². The van der Waals surface area contributed by atoms with Crippen LogP contribution in [0.3, 0.4) is 0 Å². The summed E-state index contributed by atoms with van der Waals surface area (Å²) in [6.07, 6.45) is -2.30. The Kier molecular flexibility index (Phi) is 5.28. The molecule has 16 heavy (non-hydrogen) atoms. The van der Waals surface area contributed by atoms with E-state index in [0.29, 0.717) is 13.1 Å². The molecule has 1 rings (SSSR count). The minimum absolute atomic E-state index is 0.224. The molecule has 0 saturated carbocycles. The molecule has 0 fully saturated rings. The first-order chi connectivity index (χ1) is 7.61. The van der Waals surface area contributed by atoms with E-state index in [4.69, 9.17) is 0 Å². The van der Waals surface area contributed by atoms with Gasteiger partial charge in [0.2, 0.25) is 0 Å². The second-order valence-corrected chi connectivity index (χ2v) is 3.74. The van der Waals surface area contributed by atoms with Crippen LogP contribution in [-0.2, 0) is 13.1 Å². The van der Waals surface area contributed by atoms with Gasteiger partial charge in [-0.3, -0.25) is 9.88 Å². The van der Waals surface area contributed by atoms with Gasteiger partial charge in [0.25, 0.3) is 6.43 Å². The summed E-state index contributed by atoms with van der Waals surface area (Å²) >= 11 is 0. The van der Waals surface area contributed by atoms with Crippen LogP contribution in [0.2, 0.25) is 0 Å². The van der Waals surface area contributed by atoms with Crippen molar-refractivity contribution in [3.05, 3.63) is 29.6 Å². The molecule has 0 radical (unpaired) electrons. The van der Waals surface area contributed by atoms with Gasteiger partial charge in [-0.1, -0.05) is 6.07 Å². The highest BCUT2D eigenvalue weighted by atomic mass is 19.3. The van der Waals surface area contributed by atoms with Crippen molar-refractivity contribution in [3.8, 4) is 0 Å². The van der Waals surface area contributed by atoms with E-state index in [0.717, 1.165) is 11.4 Å². The molecule has 0 atom stereocenters. The van der Waals surface area contributed by atoms with Crippen LogP contribution in [0.25, 0.3) is 0 Å². The molecule has 0 aliphatic heterocycles. The highest BCUT2D eigenvalue weighted by Crippen LogP contribution is 2.04. The first kappa shape index (κ1) is 13.0. The molecule has 1 N–H and O–H groups in total. The average Bonchev–Trinajstić information content (AvgIpc) is 2.17. The Hall–Kier alpha value is -1.07. The van der Waals surface area contributed by atoms with Crippen molar-refractivity contribution in [1.82, 2.24) is 15.2 Å². The Morgan fingerprint density at radius 2 is 2.06 bits per heavy atom. The fraction of sp³-hybridized carbons (Fsp3) is 0.545. The monoisotopic (exact) mass is 229 g/mol. The second kappa shape index (κ2) is 6.50. The van der Waals surface area contributed by atoms with Crippen molar-refractivity contribution >= 4 is 0 Å². The van der Waals surface area contributed by atoms with Crippen LogP contribution >= 0.6 is 0 Å². The first-order valence-corrected chi connectivity index (χ1v) is 5.18. The molecule has 0 bridgehead atoms. The quantitative estimate of drug-likeness (QED) is 0.801. The highest BCUT2D eigenvalue weighted by Gasteiger charge is 2.08. The number of halogens is 2. The molecular formula is C11H17F2N3. The minimum Gasteiger partial charge on any atom is -0.314 e. The van der Waals surface area contributed by atoms with Crippen molar-refractivity contribution in [1.29, 1.82) is 0 Å². The van der Waals surface area contributed by atoms with Gasteiger partial charge in [0.1, 0.15) is 0 Å². The third kappa shape index (κ3) is 4.63. The molecule has 0 aromatic carbocycles. The summed E-state index contributed by atoms with van der Waals surface area (Å²) in [6.45, 7) is 0.909. The molecule has 0 spiro atoms. The lowest BCUT2D eigenvalue weighted by atomic mass is 10.3. The first-order valence-electron chi connectivity index (χ1n) is 5.18. The van der Waals surface area contributed by atoms with Gasteiger partial charge in [-0.2, -0.15) is 0 Å². The number of aromatic nitrogens is 1. The fourth-order valence-corrected chi connectivity index (χ4v) is 1.47. The normalized spacial score (nSPS) is 11.4. The zero-order valence-electron chi connectivity index (χ0n) is 9.58. The lowest BCUT2D eigenvalue weighted by Gasteiger charge is -2.15. The summed E-state index contributed by atoms with van der Waals surface area (Å²) in [7, 11) is 3.51. The van der Waals surface area contributed by atoms with Gasteiger partial charge in [-0.15, -0.1) is 0 Å². The van der Waals surface area contributed by atoms with Crippen molar-refractivity contribution in [2.24, 2.45) is 0 Å². The molecule has 0 aliphatic carbocycles. The van der Waals surface area contributed by atoms with Gasteiger partial charge >= 0.3 is 0 Å². The average molecular weight is 229 g/mol. The predicted molar refractivity (Wildman–Crippen MR) is 59.3 cm³/mol. The maximum atomic E-state index is 12.1. The van der Waals surface area contributed by atoms with Crippen LogP contribution in [0.5, 0.6) is 0 Å². The highest BCUT2D eigenvalue weighted by molar-refractivity contribution is 5.11. The van der Waals surface area contributed by atoms with Gasteiger partial charge in [0.15, 0.2) is 0 Å². The summed E-state index contributed by atoms with van der Waals surface area (Å²) in [5.74, 6) is 0. The number of alkyl halides is 2. The second-order valence-electron chi connectivity index (χ2n) is 3.74. The van der Waals surface area contributed by atoms with E-state index < -0.39 is 6.43 Å². The van der Waals surface area contributed by atoms with Crippen LogP contribution in [0, 0.1) is 0 Å². The lowest BCUT2D eigenvalue weighted by molar-refractivity contribution is 0.0970. The molecular weight excluding hydrogens is 212 g/mol. The summed E-state index contributed by atoms with van der Waals surface area (Å²) in [4.78, 5) is 5.93. The van der Waals surface area contributed by atoms with Crippen LogP contribution in [0.4, 0.5) is 8.78 Å². The van der Waals surface area contributed by atoms with E-state index in [1.165, 1.54) is 0 Å². The fourth-order valence-electron chi connectivity index (χ4n) is 1.47. The van der Waals surface area contributed by atoms with Gasteiger partial charge in [0, 0.05) is 13.1 Å². The van der Waals surface area contributed by atoms with Crippen molar-refractivity contribution < 1.29 is 8.78 Å². The van der Waals surface area contributed by atoms with Crippen LogP contribution in [-0.4, -0.2) is 36.9 Å². The van der Waals surface area contributed by atoms with E-state index in [-0.39, 0.29) is 6.54 Å². The summed E-state index contributed by atoms with van der Waals surface area (Å²) in [5.41, 5.74) is 1.74. The molecule has 5 heteroatoms. The number of hydrogen-bond donors (Lipinski definition) is 1. The third-order valence-corrected chi connectivity index (χ3v) is 2.10. The minimum atomic E-state index is -2.30. The van der Waals surface area contributed by atoms with Crippen molar-refractivity contribution in [3.63, 3.8) is 0 Å². The maximum Gasteiger partial charge on any atom is 0.251 e. The Balaban J connectivity index is 2.55. The molecule has 0 saturated heterocycles. The molecule has 0 aliphatic rings. The SMILES string of the molecule is CNCc1cccc(CN(C)CC(F)F)n1. The standard InChI is InChI=1S/C11H17F2N3/c1-14-6-9-4-3-5-10(15-9)7-16(2)8-11(12)13/h3-5,11,14H,6-8H2,1-2H3. The Morgan fingerprint density at radius 3 is 2.69 bits per heavy atom. The van der Waals surface area contributed by atoms with E-state index in [1.807, 2.05) is 25.2 Å². The van der Waals surface area contributed by atoms with E-state index >= 15 is 0 Å². The molecule has 1 aromatic heterocycles. The maximum absolute atomic E-state index is 12.1. The van der Waals surface area contributed by atoms with Crippen molar-refractivity contribution in [2.45, 2.75) is 19.5 Å². The molecule has 90 valence electrons. The van der Waals surface area contributed by atoms with Gasteiger partial charge in [-0.05, 0) is 26.2 Å². The van der Waals surface area contributed by atoms with Crippen LogP contribution in [0.15, 0.2) is 18.2 Å². The van der Waals surface area contributed by atoms with Crippen molar-refractivity contribution in [2.75, 3.05) is 20.6 Å². The lowest BCUT2D eigenvalue weighted by Crippen LogP contribution is -2.24. The topological polar surface area (TPSA) is 28.2 Å².